The number of nitrogens with zero attached hydrogens (tertiary/aromatic N) is 3. The van der Waals surface area contributed by atoms with Gasteiger partial charge in [0.05, 0.1) is 11.8 Å². The summed E-state index contributed by atoms with van der Waals surface area (Å²) in [4.78, 5) is 23.3. The van der Waals surface area contributed by atoms with Crippen molar-refractivity contribution in [3.63, 3.8) is 0 Å². The number of hydrogen-bond donors (Lipinski definition) is 0. The molecule has 1 aromatic heterocycles. The van der Waals surface area contributed by atoms with Gasteiger partial charge in [-0.05, 0) is 70.1 Å². The zero-order valence-electron chi connectivity index (χ0n) is 17.6. The number of amides is 1. The first kappa shape index (κ1) is 21.6. The molecule has 1 heterocycles. The number of ether oxygens (including phenoxy) is 1. The topological polar surface area (TPSA) is 45.7 Å². The van der Waals surface area contributed by atoms with Crippen LogP contribution in [0, 0.1) is 6.92 Å². The molecule has 7 heteroatoms. The minimum absolute atomic E-state index is 0.0182. The van der Waals surface area contributed by atoms with Crippen LogP contribution in [0.4, 0.5) is 5.13 Å². The molecule has 0 fully saturated rings. The molecule has 5 nitrogen and oxygen atoms in total. The van der Waals surface area contributed by atoms with Crippen molar-refractivity contribution in [3.8, 4) is 5.75 Å². The van der Waals surface area contributed by atoms with Gasteiger partial charge in [0.25, 0.3) is 5.91 Å². The van der Waals surface area contributed by atoms with Gasteiger partial charge in [0.2, 0.25) is 0 Å². The molecule has 0 aliphatic carbocycles. The van der Waals surface area contributed by atoms with Crippen LogP contribution in [0.5, 0.6) is 5.75 Å². The Morgan fingerprint density at radius 3 is 2.69 bits per heavy atom. The van der Waals surface area contributed by atoms with Gasteiger partial charge in [-0.3, -0.25) is 9.69 Å². The molecule has 1 amide bonds. The number of rotatable bonds is 8. The maximum atomic E-state index is 13.4. The second kappa shape index (κ2) is 9.61. The third kappa shape index (κ3) is 4.91. The molecule has 2 aromatic carbocycles. The first-order chi connectivity index (χ1) is 13.9. The largest absolute Gasteiger partial charge is 0.494 e. The van der Waals surface area contributed by atoms with Crippen molar-refractivity contribution in [2.24, 2.45) is 0 Å². The maximum absolute atomic E-state index is 13.4. The Balaban J connectivity index is 2.02. The number of hydrogen-bond acceptors (Lipinski definition) is 6. The number of methoxy groups -OCH3 is 1. The summed E-state index contributed by atoms with van der Waals surface area (Å²) in [7, 11) is 5.73. The van der Waals surface area contributed by atoms with E-state index in [0.29, 0.717) is 17.2 Å². The van der Waals surface area contributed by atoms with E-state index in [-0.39, 0.29) is 5.91 Å². The van der Waals surface area contributed by atoms with E-state index in [1.807, 2.05) is 61.6 Å². The van der Waals surface area contributed by atoms with Crippen molar-refractivity contribution >= 4 is 44.4 Å². The second-order valence-electron chi connectivity index (χ2n) is 7.10. The van der Waals surface area contributed by atoms with Gasteiger partial charge in [-0.15, -0.1) is 11.8 Å². The Morgan fingerprint density at radius 1 is 1.21 bits per heavy atom. The third-order valence-electron chi connectivity index (χ3n) is 4.69. The summed E-state index contributed by atoms with van der Waals surface area (Å²) in [5.74, 6) is 0.716. The molecule has 154 valence electrons. The Labute approximate surface area is 180 Å². The Bertz CT molecular complexity index is 1000. The molecule has 0 bridgehead atoms. The molecule has 0 radical (unpaired) electrons. The molecule has 3 aromatic rings. The molecule has 0 aliphatic rings. The van der Waals surface area contributed by atoms with Crippen LogP contribution >= 0.6 is 23.1 Å². The van der Waals surface area contributed by atoms with Crippen molar-refractivity contribution in [1.29, 1.82) is 0 Å². The SMILES string of the molecule is COc1ccc(C)c2sc(N(CCCN(C)C)C(=O)c3cccc(SC)c3)nc12. The summed E-state index contributed by atoms with van der Waals surface area (Å²) in [6.45, 7) is 3.58. The maximum Gasteiger partial charge on any atom is 0.260 e. The first-order valence-electron chi connectivity index (χ1n) is 9.49. The summed E-state index contributed by atoms with van der Waals surface area (Å²) >= 11 is 3.18. The molecule has 0 spiro atoms. The minimum Gasteiger partial charge on any atom is -0.494 e. The Hall–Kier alpha value is -2.09. The van der Waals surface area contributed by atoms with E-state index in [4.69, 9.17) is 9.72 Å². The number of thioether (sulfide) groups is 1. The summed E-state index contributed by atoms with van der Waals surface area (Å²) in [5, 5.41) is 0.714. The van der Waals surface area contributed by atoms with Crippen molar-refractivity contribution < 1.29 is 9.53 Å². The van der Waals surface area contributed by atoms with Gasteiger partial charge >= 0.3 is 0 Å². The zero-order chi connectivity index (χ0) is 21.0. The molecule has 0 unspecified atom stereocenters. The van der Waals surface area contributed by atoms with Crippen molar-refractivity contribution in [2.75, 3.05) is 45.5 Å². The van der Waals surface area contributed by atoms with Gasteiger partial charge in [0, 0.05) is 17.0 Å². The molecule has 0 atom stereocenters. The number of aromatic nitrogens is 1. The fourth-order valence-electron chi connectivity index (χ4n) is 3.12. The average molecular weight is 430 g/mol. The van der Waals surface area contributed by atoms with Crippen LogP contribution < -0.4 is 9.64 Å². The summed E-state index contributed by atoms with van der Waals surface area (Å²) in [6, 6.07) is 11.7. The third-order valence-corrected chi connectivity index (χ3v) is 6.63. The number of carbonyl (C=O) groups is 1. The monoisotopic (exact) mass is 429 g/mol. The predicted molar refractivity (Wildman–Crippen MR) is 124 cm³/mol. The van der Waals surface area contributed by atoms with Gasteiger partial charge in [0.15, 0.2) is 5.13 Å². The number of fused-ring (bicyclic) bond motifs is 1. The molecule has 3 rings (SSSR count). The van der Waals surface area contributed by atoms with Gasteiger partial charge in [-0.2, -0.15) is 0 Å². The van der Waals surface area contributed by atoms with Gasteiger partial charge in [0.1, 0.15) is 11.3 Å². The quantitative estimate of drug-likeness (QED) is 0.475. The summed E-state index contributed by atoms with van der Waals surface area (Å²) in [5.41, 5.74) is 2.63. The van der Waals surface area contributed by atoms with E-state index < -0.39 is 0 Å². The van der Waals surface area contributed by atoms with Crippen LogP contribution in [0.2, 0.25) is 0 Å². The number of carbonyl (C=O) groups excluding carboxylic acids is 1. The fourth-order valence-corrected chi connectivity index (χ4v) is 4.65. The lowest BCUT2D eigenvalue weighted by atomic mass is 10.2. The van der Waals surface area contributed by atoms with Crippen LogP contribution in [0.1, 0.15) is 22.3 Å². The number of thiazole rings is 1. The fraction of sp³-hybridized carbons (Fsp3) is 0.364. The van der Waals surface area contributed by atoms with E-state index in [0.717, 1.165) is 39.4 Å². The minimum atomic E-state index is -0.0182. The van der Waals surface area contributed by atoms with E-state index in [1.54, 1.807) is 30.2 Å². The molecule has 0 saturated carbocycles. The smallest absolute Gasteiger partial charge is 0.260 e. The summed E-state index contributed by atoms with van der Waals surface area (Å²) < 4.78 is 6.55. The molecular weight excluding hydrogens is 402 g/mol. The van der Waals surface area contributed by atoms with E-state index >= 15 is 0 Å². The van der Waals surface area contributed by atoms with E-state index in [9.17, 15) is 4.79 Å². The standard InChI is InChI=1S/C22H27N3O2S2/c1-15-10-11-18(27-4)19-20(15)29-22(23-19)25(13-7-12-24(2)3)21(26)16-8-6-9-17(14-16)28-5/h6,8-11,14H,7,12-13H2,1-5H3. The highest BCUT2D eigenvalue weighted by molar-refractivity contribution is 7.98. The number of aryl methyl sites for hydroxylation is 1. The van der Waals surface area contributed by atoms with Crippen LogP contribution in [0.25, 0.3) is 10.2 Å². The molecule has 0 N–H and O–H groups in total. The number of benzene rings is 2. The average Bonchev–Trinajstić information content (AvgIpc) is 3.17. The summed E-state index contributed by atoms with van der Waals surface area (Å²) in [6.07, 6.45) is 2.88. The van der Waals surface area contributed by atoms with Crippen LogP contribution in [-0.4, -0.2) is 56.3 Å². The van der Waals surface area contributed by atoms with Crippen molar-refractivity contribution in [1.82, 2.24) is 9.88 Å². The predicted octanol–water partition coefficient (Wildman–Crippen LogP) is 4.93. The van der Waals surface area contributed by atoms with E-state index in [1.165, 1.54) is 0 Å². The highest BCUT2D eigenvalue weighted by Crippen LogP contribution is 2.37. The van der Waals surface area contributed by atoms with Crippen LogP contribution in [0.15, 0.2) is 41.3 Å². The van der Waals surface area contributed by atoms with Crippen molar-refractivity contribution in [2.45, 2.75) is 18.2 Å². The highest BCUT2D eigenvalue weighted by Gasteiger charge is 2.23. The van der Waals surface area contributed by atoms with E-state index in [2.05, 4.69) is 11.8 Å². The molecular formula is C22H27N3O2S2. The van der Waals surface area contributed by atoms with Crippen LogP contribution in [-0.2, 0) is 0 Å². The van der Waals surface area contributed by atoms with Gasteiger partial charge in [-0.25, -0.2) is 4.98 Å². The molecule has 0 aliphatic heterocycles. The number of anilines is 1. The zero-order valence-corrected chi connectivity index (χ0v) is 19.2. The molecule has 0 saturated heterocycles. The first-order valence-corrected chi connectivity index (χ1v) is 11.5. The second-order valence-corrected chi connectivity index (χ2v) is 8.96. The van der Waals surface area contributed by atoms with Gasteiger partial charge in [-0.1, -0.05) is 23.5 Å². The molecule has 29 heavy (non-hydrogen) atoms. The van der Waals surface area contributed by atoms with Gasteiger partial charge < -0.3 is 9.64 Å². The highest BCUT2D eigenvalue weighted by atomic mass is 32.2. The normalized spacial score (nSPS) is 11.2. The van der Waals surface area contributed by atoms with Crippen LogP contribution in [0.3, 0.4) is 0 Å². The Kier molecular flexibility index (Phi) is 7.16. The lowest BCUT2D eigenvalue weighted by molar-refractivity contribution is 0.0986. The van der Waals surface area contributed by atoms with Crippen molar-refractivity contribution in [3.05, 3.63) is 47.5 Å². The lowest BCUT2D eigenvalue weighted by Crippen LogP contribution is -2.33. The Morgan fingerprint density at radius 2 is 2.00 bits per heavy atom. The lowest BCUT2D eigenvalue weighted by Gasteiger charge is -2.21.